The maximum absolute atomic E-state index is 12.4. The molecule has 0 radical (unpaired) electrons. The van der Waals surface area contributed by atoms with Gasteiger partial charge in [-0.3, -0.25) is 9.78 Å². The average Bonchev–Trinajstić information content (AvgIpc) is 2.82. The molecule has 8 nitrogen and oxygen atoms in total. The van der Waals surface area contributed by atoms with Crippen molar-refractivity contribution >= 4 is 18.0 Å². The number of aryl methyl sites for hydroxylation is 1. The normalized spacial score (nSPS) is 18.6. The van der Waals surface area contributed by atoms with Gasteiger partial charge in [-0.25, -0.2) is 4.98 Å². The molecule has 3 heterocycles. The van der Waals surface area contributed by atoms with Crippen LogP contribution in [0, 0.1) is 6.92 Å². The molecule has 1 unspecified atom stereocenters. The third-order valence-electron chi connectivity index (χ3n) is 5.34. The van der Waals surface area contributed by atoms with Crippen LogP contribution in [0.15, 0.2) is 36.7 Å². The van der Waals surface area contributed by atoms with Gasteiger partial charge in [-0.05, 0) is 38.9 Å². The van der Waals surface area contributed by atoms with Gasteiger partial charge in [-0.1, -0.05) is 17.7 Å². The van der Waals surface area contributed by atoms with Gasteiger partial charge in [0, 0.05) is 38.5 Å². The summed E-state index contributed by atoms with van der Waals surface area (Å²) in [5, 5.41) is 9.78. The Bertz CT molecular complexity index is 854. The van der Waals surface area contributed by atoms with Crippen molar-refractivity contribution in [3.05, 3.63) is 47.9 Å². The van der Waals surface area contributed by atoms with Gasteiger partial charge in [0.25, 0.3) is 6.47 Å². The fraction of sp³-hybridized carbons (Fsp3) is 0.522. The quantitative estimate of drug-likeness (QED) is 0.641. The Hall–Kier alpha value is -2.92. The summed E-state index contributed by atoms with van der Waals surface area (Å²) in [5.41, 5.74) is 1.71. The lowest BCUT2D eigenvalue weighted by Crippen LogP contribution is -2.44. The summed E-state index contributed by atoms with van der Waals surface area (Å²) in [6.45, 7) is 7.72. The Morgan fingerprint density at radius 1 is 1.15 bits per heavy atom. The third kappa shape index (κ3) is 9.52. The standard InChI is InChI=1S/C12H18N2.C10H12F3N3O.CH2O2/c1-11-3-5-12(6-4-11)14-9-7-13(2)8-10-14;11-10(12,13)8-4-14-5-9(16-8)15-7-2-1-3-17-6-7;2-1-3/h3-6H,7-10H2,1-2H3;4-5,7H,1-3,6H2,(H,15,16);1H,(H,2,3). The molecule has 2 N–H and O–H groups in total. The number of alkyl halides is 3. The van der Waals surface area contributed by atoms with Gasteiger partial charge >= 0.3 is 6.18 Å². The zero-order valence-corrected chi connectivity index (χ0v) is 19.5. The number of hydrogen-bond donors (Lipinski definition) is 2. The molecule has 0 saturated carbocycles. The second-order valence-corrected chi connectivity index (χ2v) is 8.08. The number of anilines is 2. The molecule has 2 aliphatic rings. The fourth-order valence-corrected chi connectivity index (χ4v) is 3.46. The molecule has 1 atom stereocenters. The molecule has 1 aromatic carbocycles. The van der Waals surface area contributed by atoms with E-state index in [-0.39, 0.29) is 18.3 Å². The van der Waals surface area contributed by atoms with Gasteiger partial charge in [0.15, 0.2) is 5.69 Å². The molecule has 0 spiro atoms. The minimum Gasteiger partial charge on any atom is -0.483 e. The van der Waals surface area contributed by atoms with Crippen molar-refractivity contribution < 1.29 is 27.8 Å². The van der Waals surface area contributed by atoms with E-state index < -0.39 is 11.9 Å². The van der Waals surface area contributed by atoms with Crippen molar-refractivity contribution in [1.82, 2.24) is 14.9 Å². The predicted octanol–water partition coefficient (Wildman–Crippen LogP) is 3.53. The number of likely N-dealkylation sites (N-methyl/N-ethyl adjacent to an activating group) is 1. The smallest absolute Gasteiger partial charge is 0.434 e. The second-order valence-electron chi connectivity index (χ2n) is 8.08. The number of aromatic nitrogens is 2. The zero-order valence-electron chi connectivity index (χ0n) is 19.5. The number of hydrogen-bond acceptors (Lipinski definition) is 7. The molecule has 2 fully saturated rings. The summed E-state index contributed by atoms with van der Waals surface area (Å²) >= 11 is 0. The monoisotopic (exact) mass is 483 g/mol. The van der Waals surface area contributed by atoms with E-state index in [9.17, 15) is 13.2 Å². The SMILES string of the molecule is Cc1ccc(N2CCN(C)CC2)cc1.FC(F)(F)c1cncc(NC2CCCOC2)n1.O=CO. The van der Waals surface area contributed by atoms with Gasteiger partial charge < -0.3 is 25.0 Å². The predicted molar refractivity (Wildman–Crippen MR) is 124 cm³/mol. The molecule has 2 aromatic rings. The molecule has 34 heavy (non-hydrogen) atoms. The molecular formula is C23H32F3N5O3. The number of rotatable bonds is 3. The van der Waals surface area contributed by atoms with Crippen molar-refractivity contribution in [2.24, 2.45) is 0 Å². The van der Waals surface area contributed by atoms with E-state index in [1.54, 1.807) is 0 Å². The maximum atomic E-state index is 12.4. The van der Waals surface area contributed by atoms with Crippen molar-refractivity contribution in [3.8, 4) is 0 Å². The largest absolute Gasteiger partial charge is 0.483 e. The van der Waals surface area contributed by atoms with E-state index in [1.165, 1.54) is 30.5 Å². The van der Waals surface area contributed by atoms with E-state index >= 15 is 0 Å². The van der Waals surface area contributed by atoms with Crippen molar-refractivity contribution in [2.75, 3.05) is 56.7 Å². The summed E-state index contributed by atoms with van der Waals surface area (Å²) < 4.78 is 42.4. The van der Waals surface area contributed by atoms with Crippen LogP contribution in [0.3, 0.4) is 0 Å². The van der Waals surface area contributed by atoms with Crippen LogP contribution in [0.1, 0.15) is 24.1 Å². The summed E-state index contributed by atoms with van der Waals surface area (Å²) in [5.74, 6) is 0.135. The lowest BCUT2D eigenvalue weighted by atomic mass is 10.1. The highest BCUT2D eigenvalue weighted by Gasteiger charge is 2.33. The molecule has 0 amide bonds. The number of carbonyl (C=O) groups is 1. The molecule has 188 valence electrons. The van der Waals surface area contributed by atoms with E-state index in [4.69, 9.17) is 14.6 Å². The third-order valence-corrected chi connectivity index (χ3v) is 5.34. The topological polar surface area (TPSA) is 90.8 Å². The van der Waals surface area contributed by atoms with Crippen molar-refractivity contribution in [3.63, 3.8) is 0 Å². The summed E-state index contributed by atoms with van der Waals surface area (Å²) in [6.07, 6.45) is -0.720. The Morgan fingerprint density at radius 2 is 1.79 bits per heavy atom. The number of carboxylic acid groups (broad SMARTS) is 1. The first-order valence-corrected chi connectivity index (χ1v) is 11.0. The first kappa shape index (κ1) is 27.3. The molecule has 4 rings (SSSR count). The molecular weight excluding hydrogens is 451 g/mol. The number of nitrogens with zero attached hydrogens (tertiary/aromatic N) is 4. The Balaban J connectivity index is 0.000000219. The van der Waals surface area contributed by atoms with Crippen molar-refractivity contribution in [1.29, 1.82) is 0 Å². The first-order valence-electron chi connectivity index (χ1n) is 11.0. The van der Waals surface area contributed by atoms with Crippen LogP contribution < -0.4 is 10.2 Å². The van der Waals surface area contributed by atoms with E-state index in [1.807, 2.05) is 0 Å². The van der Waals surface area contributed by atoms with Crippen LogP contribution in [0.4, 0.5) is 24.7 Å². The molecule has 0 bridgehead atoms. The van der Waals surface area contributed by atoms with Gasteiger partial charge in [0.05, 0.1) is 25.0 Å². The van der Waals surface area contributed by atoms with Gasteiger partial charge in [-0.15, -0.1) is 0 Å². The number of nitrogens with one attached hydrogen (secondary N) is 1. The minimum atomic E-state index is -4.46. The Morgan fingerprint density at radius 3 is 2.35 bits per heavy atom. The lowest BCUT2D eigenvalue weighted by molar-refractivity contribution is -0.141. The maximum Gasteiger partial charge on any atom is 0.434 e. The minimum absolute atomic E-state index is 0.00142. The highest BCUT2D eigenvalue weighted by molar-refractivity contribution is 5.47. The highest BCUT2D eigenvalue weighted by atomic mass is 19.4. The van der Waals surface area contributed by atoms with Crippen LogP contribution >= 0.6 is 0 Å². The number of ether oxygens (including phenoxy) is 1. The van der Waals surface area contributed by atoms with Crippen LogP contribution in [0.5, 0.6) is 0 Å². The Kier molecular flexibility index (Phi) is 11.0. The highest BCUT2D eigenvalue weighted by Crippen LogP contribution is 2.27. The van der Waals surface area contributed by atoms with E-state index in [0.717, 1.165) is 25.9 Å². The van der Waals surface area contributed by atoms with Crippen molar-refractivity contribution in [2.45, 2.75) is 32.0 Å². The van der Waals surface area contributed by atoms with E-state index in [0.29, 0.717) is 19.4 Å². The van der Waals surface area contributed by atoms with Gasteiger partial charge in [0.1, 0.15) is 5.82 Å². The number of piperazine rings is 1. The number of benzene rings is 1. The molecule has 11 heteroatoms. The summed E-state index contributed by atoms with van der Waals surface area (Å²) in [6, 6.07) is 8.82. The summed E-state index contributed by atoms with van der Waals surface area (Å²) in [7, 11) is 2.19. The lowest BCUT2D eigenvalue weighted by Gasteiger charge is -2.34. The molecule has 1 aromatic heterocycles. The fourth-order valence-electron chi connectivity index (χ4n) is 3.46. The van der Waals surface area contributed by atoms with Crippen LogP contribution in [-0.2, 0) is 15.7 Å². The van der Waals surface area contributed by atoms with Crippen LogP contribution in [0.25, 0.3) is 0 Å². The van der Waals surface area contributed by atoms with Gasteiger partial charge in [-0.2, -0.15) is 13.2 Å². The molecule has 0 aliphatic carbocycles. The second kappa shape index (κ2) is 13.7. The average molecular weight is 484 g/mol. The number of halogens is 3. The first-order chi connectivity index (χ1) is 16.2. The summed E-state index contributed by atoms with van der Waals surface area (Å²) in [4.78, 5) is 20.2. The zero-order chi connectivity index (χ0) is 25.0. The molecule has 2 saturated heterocycles. The molecule has 2 aliphatic heterocycles. The Labute approximate surface area is 197 Å². The van der Waals surface area contributed by atoms with Crippen LogP contribution in [0.2, 0.25) is 0 Å². The van der Waals surface area contributed by atoms with Crippen LogP contribution in [-0.4, -0.2) is 78.9 Å². The van der Waals surface area contributed by atoms with Gasteiger partial charge in [0.2, 0.25) is 0 Å². The van der Waals surface area contributed by atoms with E-state index in [2.05, 4.69) is 63.3 Å².